The van der Waals surface area contributed by atoms with Gasteiger partial charge in [0.2, 0.25) is 0 Å². The van der Waals surface area contributed by atoms with Gasteiger partial charge < -0.3 is 14.7 Å². The summed E-state index contributed by atoms with van der Waals surface area (Å²) in [6.07, 6.45) is 1.99. The molecule has 2 aromatic carbocycles. The average Bonchev–Trinajstić information content (AvgIpc) is 2.79. The first-order chi connectivity index (χ1) is 16.8. The van der Waals surface area contributed by atoms with E-state index in [2.05, 4.69) is 35.1 Å². The van der Waals surface area contributed by atoms with E-state index in [-0.39, 0.29) is 18.7 Å². The first-order valence-corrected chi connectivity index (χ1v) is 13.9. The molecular weight excluding hydrogens is 472 g/mol. The number of carbonyl (C=O) groups is 1. The van der Waals surface area contributed by atoms with E-state index in [1.165, 1.54) is 0 Å². The lowest BCUT2D eigenvalue weighted by molar-refractivity contribution is -0.0113. The number of nitrogens with one attached hydrogen (secondary N) is 1. The number of benzene rings is 2. The van der Waals surface area contributed by atoms with Crippen LogP contribution in [0.4, 0.5) is 4.79 Å². The van der Waals surface area contributed by atoms with E-state index in [0.717, 1.165) is 23.1 Å². The minimum Gasteiger partial charge on any atom is -0.444 e. The zero-order valence-corrected chi connectivity index (χ0v) is 23.4. The number of hydrogen-bond acceptors (Lipinski definition) is 4. The number of nitrogens with zero attached hydrogens (tertiary/aromatic N) is 1. The normalized spacial score (nSPS) is 21.8. The third kappa shape index (κ3) is 7.17. The highest BCUT2D eigenvalue weighted by atomic mass is 32.2. The van der Waals surface area contributed by atoms with Crippen LogP contribution < -0.4 is 4.72 Å². The van der Waals surface area contributed by atoms with E-state index in [4.69, 9.17) is 4.74 Å². The molecule has 6 nitrogen and oxygen atoms in total. The van der Waals surface area contributed by atoms with Gasteiger partial charge in [-0.15, -0.1) is 0 Å². The fourth-order valence-corrected chi connectivity index (χ4v) is 5.78. The highest BCUT2D eigenvalue weighted by molar-refractivity contribution is 7.84. The topological polar surface area (TPSA) is 78.9 Å². The lowest BCUT2D eigenvalue weighted by Crippen LogP contribution is -2.67. The molecule has 2 aromatic rings. The second-order valence-electron chi connectivity index (χ2n) is 11.7. The van der Waals surface area contributed by atoms with Crippen molar-refractivity contribution in [2.45, 2.75) is 89.2 Å². The van der Waals surface area contributed by atoms with E-state index in [0.29, 0.717) is 25.8 Å². The zero-order valence-electron chi connectivity index (χ0n) is 22.5. The first-order valence-electron chi connectivity index (χ1n) is 12.8. The molecule has 36 heavy (non-hydrogen) atoms. The van der Waals surface area contributed by atoms with Gasteiger partial charge >= 0.3 is 6.09 Å². The molecule has 1 aliphatic rings. The van der Waals surface area contributed by atoms with Crippen LogP contribution in [0.5, 0.6) is 0 Å². The number of aliphatic hydroxyl groups is 1. The van der Waals surface area contributed by atoms with Crippen LogP contribution in [0.1, 0.15) is 66.4 Å². The number of carbonyl (C=O) groups excluding carboxylic acids is 1. The monoisotopic (exact) mass is 514 g/mol. The molecule has 0 spiro atoms. The van der Waals surface area contributed by atoms with Crippen LogP contribution >= 0.6 is 0 Å². The van der Waals surface area contributed by atoms with Gasteiger partial charge in [-0.2, -0.15) is 0 Å². The third-order valence-corrected chi connectivity index (χ3v) is 8.24. The maximum atomic E-state index is 13.4. The van der Waals surface area contributed by atoms with Crippen molar-refractivity contribution < 1.29 is 18.8 Å². The van der Waals surface area contributed by atoms with Crippen molar-refractivity contribution in [2.24, 2.45) is 0 Å². The molecule has 0 radical (unpaired) electrons. The molecule has 3 atom stereocenters. The summed E-state index contributed by atoms with van der Waals surface area (Å²) in [4.78, 5) is 15.2. The Labute approximate surface area is 219 Å². The van der Waals surface area contributed by atoms with E-state index in [1.807, 2.05) is 65.8 Å². The molecule has 0 bridgehead atoms. The van der Waals surface area contributed by atoms with Crippen molar-refractivity contribution >= 4 is 17.1 Å². The van der Waals surface area contributed by atoms with Crippen molar-refractivity contribution in [3.8, 4) is 11.1 Å². The van der Waals surface area contributed by atoms with Crippen LogP contribution in [0.25, 0.3) is 11.1 Å². The molecular formula is C29H42N2O4S. The van der Waals surface area contributed by atoms with Gasteiger partial charge in [-0.25, -0.2) is 13.7 Å². The predicted molar refractivity (Wildman–Crippen MR) is 147 cm³/mol. The first kappa shape index (κ1) is 28.4. The minimum absolute atomic E-state index is 0.0724. The van der Waals surface area contributed by atoms with E-state index < -0.39 is 26.9 Å². The Hall–Kier alpha value is -2.22. The fourth-order valence-electron chi connectivity index (χ4n) is 4.76. The second-order valence-corrected chi connectivity index (χ2v) is 13.6. The molecule has 1 heterocycles. The van der Waals surface area contributed by atoms with Gasteiger partial charge in [-0.3, -0.25) is 0 Å². The molecule has 1 amide bonds. The Kier molecular flexibility index (Phi) is 9.02. The summed E-state index contributed by atoms with van der Waals surface area (Å²) < 4.78 is 22.1. The van der Waals surface area contributed by atoms with E-state index in [9.17, 15) is 14.1 Å². The molecule has 1 fully saturated rings. The van der Waals surface area contributed by atoms with Gasteiger partial charge in [0.05, 0.1) is 27.3 Å². The lowest BCUT2D eigenvalue weighted by atomic mass is 9.76. The SMILES string of the molecule is CC(C)(C)OC(=O)N1CCCC(CCO)(N[S@](=O)C(C)(C)C)C1Cc1cccc(-c2ccccc2)c1. The van der Waals surface area contributed by atoms with Gasteiger partial charge in [0.1, 0.15) is 5.60 Å². The number of likely N-dealkylation sites (tertiary alicyclic amines) is 1. The van der Waals surface area contributed by atoms with Crippen LogP contribution in [-0.2, 0) is 22.1 Å². The summed E-state index contributed by atoms with van der Waals surface area (Å²) in [5, 5.41) is 10.1. The van der Waals surface area contributed by atoms with Crippen molar-refractivity contribution in [1.82, 2.24) is 9.62 Å². The van der Waals surface area contributed by atoms with Crippen molar-refractivity contribution in [2.75, 3.05) is 13.2 Å². The molecule has 7 heteroatoms. The van der Waals surface area contributed by atoms with Gasteiger partial charge in [-0.1, -0.05) is 54.6 Å². The van der Waals surface area contributed by atoms with Crippen LogP contribution in [0.15, 0.2) is 54.6 Å². The van der Waals surface area contributed by atoms with Crippen LogP contribution in [-0.4, -0.2) is 55.4 Å². The Bertz CT molecular complexity index is 1040. The largest absolute Gasteiger partial charge is 0.444 e. The Morgan fingerprint density at radius 1 is 1.08 bits per heavy atom. The maximum absolute atomic E-state index is 13.4. The van der Waals surface area contributed by atoms with Gasteiger partial charge in [0.15, 0.2) is 0 Å². The molecule has 0 aromatic heterocycles. The molecule has 3 rings (SSSR count). The Morgan fingerprint density at radius 3 is 2.36 bits per heavy atom. The third-order valence-electron chi connectivity index (χ3n) is 6.54. The van der Waals surface area contributed by atoms with Gasteiger partial charge in [-0.05, 0) is 83.9 Å². The quantitative estimate of drug-likeness (QED) is 0.514. The van der Waals surface area contributed by atoms with Crippen molar-refractivity contribution in [1.29, 1.82) is 0 Å². The number of rotatable bonds is 7. The number of aliphatic hydroxyl groups excluding tert-OH is 1. The van der Waals surface area contributed by atoms with Gasteiger partial charge in [0.25, 0.3) is 0 Å². The molecule has 198 valence electrons. The summed E-state index contributed by atoms with van der Waals surface area (Å²) in [5.41, 5.74) is 1.95. The van der Waals surface area contributed by atoms with Gasteiger partial charge in [0, 0.05) is 13.2 Å². The van der Waals surface area contributed by atoms with E-state index >= 15 is 0 Å². The summed E-state index contributed by atoms with van der Waals surface area (Å²) in [7, 11) is -1.38. The smallest absolute Gasteiger partial charge is 0.410 e. The number of ether oxygens (including phenoxy) is 1. The maximum Gasteiger partial charge on any atom is 0.410 e. The Morgan fingerprint density at radius 2 is 1.75 bits per heavy atom. The fraction of sp³-hybridized carbons (Fsp3) is 0.552. The summed E-state index contributed by atoms with van der Waals surface area (Å²) in [6, 6.07) is 18.2. The predicted octanol–water partition coefficient (Wildman–Crippen LogP) is 5.47. The molecule has 0 aliphatic carbocycles. The second kappa shape index (κ2) is 11.4. The molecule has 1 aliphatic heterocycles. The summed E-state index contributed by atoms with van der Waals surface area (Å²) in [5.74, 6) is 0. The van der Waals surface area contributed by atoms with Crippen LogP contribution in [0.3, 0.4) is 0 Å². The van der Waals surface area contributed by atoms with Crippen LogP contribution in [0, 0.1) is 0 Å². The molecule has 2 unspecified atom stereocenters. The number of amides is 1. The number of hydrogen-bond donors (Lipinski definition) is 2. The Balaban J connectivity index is 2.04. The molecule has 1 saturated heterocycles. The molecule has 0 saturated carbocycles. The van der Waals surface area contributed by atoms with Crippen molar-refractivity contribution in [3.05, 3.63) is 60.2 Å². The standard InChI is InChI=1S/C29H42N2O4S/c1-27(2,3)35-26(33)31-18-11-16-29(17-19-32,30-36(34)28(4,5)6)25(31)21-22-12-10-15-24(20-22)23-13-8-7-9-14-23/h7-10,12-15,20,25,30,32H,11,16-19,21H2,1-6H3/t25?,29?,36-/m1/s1. The van der Waals surface area contributed by atoms with Crippen molar-refractivity contribution in [3.63, 3.8) is 0 Å². The number of piperidine rings is 1. The highest BCUT2D eigenvalue weighted by Gasteiger charge is 2.48. The lowest BCUT2D eigenvalue weighted by Gasteiger charge is -2.50. The minimum atomic E-state index is -1.38. The summed E-state index contributed by atoms with van der Waals surface area (Å²) in [6.45, 7) is 11.8. The average molecular weight is 515 g/mol. The zero-order chi connectivity index (χ0) is 26.6. The van der Waals surface area contributed by atoms with E-state index in [1.54, 1.807) is 4.90 Å². The molecule has 2 N–H and O–H groups in total. The summed E-state index contributed by atoms with van der Waals surface area (Å²) >= 11 is 0. The van der Waals surface area contributed by atoms with Crippen LogP contribution in [0.2, 0.25) is 0 Å². The highest BCUT2D eigenvalue weighted by Crippen LogP contribution is 2.36.